The van der Waals surface area contributed by atoms with E-state index in [4.69, 9.17) is 9.05 Å². The minimum Gasteiger partial charge on any atom is -0.312 e. The highest BCUT2D eigenvalue weighted by Crippen LogP contribution is 2.50. The Labute approximate surface area is 112 Å². The summed E-state index contributed by atoms with van der Waals surface area (Å²) in [5, 5.41) is 0.790. The Morgan fingerprint density at radius 2 is 1.94 bits per heavy atom. The van der Waals surface area contributed by atoms with E-state index in [-0.39, 0.29) is 6.16 Å². The van der Waals surface area contributed by atoms with Crippen LogP contribution in [0.25, 0.3) is 0 Å². The second-order valence-corrected chi connectivity index (χ2v) is 6.88. The van der Waals surface area contributed by atoms with Gasteiger partial charge in [0.1, 0.15) is 0 Å². The van der Waals surface area contributed by atoms with Gasteiger partial charge in [-0.3, -0.25) is 4.57 Å². The molecule has 0 heterocycles. The number of benzene rings is 1. The number of hydrogen-bond donors (Lipinski definition) is 0. The van der Waals surface area contributed by atoms with Crippen molar-refractivity contribution in [3.05, 3.63) is 33.8 Å². The minimum absolute atomic E-state index is 0.267. The van der Waals surface area contributed by atoms with Crippen LogP contribution in [0.15, 0.2) is 22.7 Å². The molecule has 0 aromatic heterocycles. The zero-order valence-electron chi connectivity index (χ0n) is 9.07. The highest BCUT2D eigenvalue weighted by Gasteiger charge is 2.22. The first-order chi connectivity index (χ1) is 7.54. The highest BCUT2D eigenvalue weighted by molar-refractivity contribution is 9.10. The van der Waals surface area contributed by atoms with Gasteiger partial charge >= 0.3 is 7.60 Å². The third-order valence-electron chi connectivity index (χ3n) is 2.19. The van der Waals surface area contributed by atoms with Crippen LogP contribution in [-0.4, -0.2) is 14.2 Å². The van der Waals surface area contributed by atoms with Gasteiger partial charge < -0.3 is 9.05 Å². The maximum atomic E-state index is 12.0. The van der Waals surface area contributed by atoms with Gasteiger partial charge in [-0.15, -0.1) is 0 Å². The molecular weight excluding hydrogens is 359 g/mol. The minimum atomic E-state index is -3.00. The zero-order chi connectivity index (χ0) is 12.2. The fraction of sp³-hybridized carbons (Fsp3) is 0.400. The summed E-state index contributed by atoms with van der Waals surface area (Å²) in [6.07, 6.45) is 0.267. The van der Waals surface area contributed by atoms with Crippen molar-refractivity contribution in [1.82, 2.24) is 0 Å². The van der Waals surface area contributed by atoms with E-state index in [0.29, 0.717) is 0 Å². The summed E-state index contributed by atoms with van der Waals surface area (Å²) < 4.78 is 22.7. The van der Waals surface area contributed by atoms with E-state index >= 15 is 0 Å². The number of alkyl halides is 1. The molecule has 1 rings (SSSR count). The quantitative estimate of drug-likeness (QED) is 0.570. The number of halogens is 2. The maximum Gasteiger partial charge on any atom is 0.334 e. The Morgan fingerprint density at radius 3 is 2.38 bits per heavy atom. The Bertz CT molecular complexity index is 401. The lowest BCUT2D eigenvalue weighted by atomic mass is 10.2. The molecule has 0 atom stereocenters. The standard InChI is InChI=1S/C10H13Br2O3P/c1-14-16(13,15-2)7-9-4-3-8(6-11)5-10(9)12/h3-5H,6-7H2,1-2H3. The molecule has 1 aromatic carbocycles. The van der Waals surface area contributed by atoms with Crippen LogP contribution >= 0.6 is 39.5 Å². The van der Waals surface area contributed by atoms with Crippen LogP contribution in [0.2, 0.25) is 0 Å². The second kappa shape index (κ2) is 6.31. The molecule has 16 heavy (non-hydrogen) atoms. The fourth-order valence-corrected chi connectivity index (χ4v) is 3.45. The summed E-state index contributed by atoms with van der Waals surface area (Å²) in [5.41, 5.74) is 2.07. The molecule has 0 saturated carbocycles. The summed E-state index contributed by atoms with van der Waals surface area (Å²) in [6.45, 7) is 0. The summed E-state index contributed by atoms with van der Waals surface area (Å²) in [5.74, 6) is 0. The van der Waals surface area contributed by atoms with Crippen molar-refractivity contribution in [3.63, 3.8) is 0 Å². The molecule has 0 aliphatic rings. The van der Waals surface area contributed by atoms with Gasteiger partial charge in [-0.25, -0.2) is 0 Å². The Kier molecular flexibility index (Phi) is 5.68. The first kappa shape index (κ1) is 14.4. The van der Waals surface area contributed by atoms with Crippen LogP contribution in [0.5, 0.6) is 0 Å². The number of hydrogen-bond acceptors (Lipinski definition) is 3. The predicted molar refractivity (Wildman–Crippen MR) is 72.1 cm³/mol. The molecule has 0 amide bonds. The maximum absolute atomic E-state index is 12.0. The molecule has 0 spiro atoms. The van der Waals surface area contributed by atoms with E-state index in [2.05, 4.69) is 31.9 Å². The Hall–Kier alpha value is 0.330. The van der Waals surface area contributed by atoms with Crippen molar-refractivity contribution in [2.75, 3.05) is 14.2 Å². The summed E-state index contributed by atoms with van der Waals surface area (Å²) in [4.78, 5) is 0. The van der Waals surface area contributed by atoms with E-state index in [1.807, 2.05) is 18.2 Å². The fourth-order valence-electron chi connectivity index (χ4n) is 1.21. The van der Waals surface area contributed by atoms with Crippen molar-refractivity contribution < 1.29 is 13.6 Å². The molecule has 3 nitrogen and oxygen atoms in total. The van der Waals surface area contributed by atoms with E-state index in [1.165, 1.54) is 14.2 Å². The zero-order valence-corrected chi connectivity index (χ0v) is 13.1. The largest absolute Gasteiger partial charge is 0.334 e. The molecular formula is C10H13Br2O3P. The molecule has 0 saturated heterocycles. The van der Waals surface area contributed by atoms with Crippen molar-refractivity contribution in [3.8, 4) is 0 Å². The first-order valence-electron chi connectivity index (χ1n) is 4.58. The van der Waals surface area contributed by atoms with Crippen molar-refractivity contribution in [2.45, 2.75) is 11.5 Å². The summed E-state index contributed by atoms with van der Waals surface area (Å²) in [6, 6.07) is 5.88. The van der Waals surface area contributed by atoms with Gasteiger partial charge in [0, 0.05) is 24.0 Å². The molecule has 1 aromatic rings. The average Bonchev–Trinajstić information content (AvgIpc) is 2.31. The molecule has 0 fully saturated rings. The summed E-state index contributed by atoms with van der Waals surface area (Å²) >= 11 is 6.83. The smallest absolute Gasteiger partial charge is 0.312 e. The van der Waals surface area contributed by atoms with Gasteiger partial charge in [-0.1, -0.05) is 44.0 Å². The van der Waals surface area contributed by atoms with Crippen molar-refractivity contribution in [2.24, 2.45) is 0 Å². The van der Waals surface area contributed by atoms with E-state index in [9.17, 15) is 4.57 Å². The van der Waals surface area contributed by atoms with Crippen LogP contribution < -0.4 is 0 Å². The first-order valence-corrected chi connectivity index (χ1v) is 8.22. The molecule has 0 bridgehead atoms. The van der Waals surface area contributed by atoms with E-state index in [0.717, 1.165) is 20.9 Å². The van der Waals surface area contributed by atoms with Gasteiger partial charge in [0.2, 0.25) is 0 Å². The lowest BCUT2D eigenvalue weighted by Crippen LogP contribution is -1.95. The van der Waals surface area contributed by atoms with Crippen molar-refractivity contribution >= 4 is 39.5 Å². The monoisotopic (exact) mass is 370 g/mol. The highest BCUT2D eigenvalue weighted by atomic mass is 79.9. The lowest BCUT2D eigenvalue weighted by Gasteiger charge is -2.14. The average molecular weight is 372 g/mol. The molecule has 6 heteroatoms. The van der Waals surface area contributed by atoms with Crippen LogP contribution in [0.3, 0.4) is 0 Å². The van der Waals surface area contributed by atoms with Gasteiger partial charge in [0.25, 0.3) is 0 Å². The van der Waals surface area contributed by atoms with Crippen LogP contribution in [0, 0.1) is 0 Å². The normalized spacial score (nSPS) is 11.8. The van der Waals surface area contributed by atoms with Crippen LogP contribution in [0.4, 0.5) is 0 Å². The van der Waals surface area contributed by atoms with Gasteiger partial charge in [0.05, 0.1) is 6.16 Å². The van der Waals surface area contributed by atoms with Crippen molar-refractivity contribution in [1.29, 1.82) is 0 Å². The molecule has 0 N–H and O–H groups in total. The molecule has 0 unspecified atom stereocenters. The van der Waals surface area contributed by atoms with Gasteiger partial charge in [-0.2, -0.15) is 0 Å². The Balaban J connectivity index is 2.94. The van der Waals surface area contributed by atoms with Gasteiger partial charge in [-0.05, 0) is 17.2 Å². The predicted octanol–water partition coefficient (Wildman–Crippen LogP) is 4.33. The number of rotatable bonds is 5. The lowest BCUT2D eigenvalue weighted by molar-refractivity contribution is 0.274. The van der Waals surface area contributed by atoms with E-state index < -0.39 is 7.60 Å². The third kappa shape index (κ3) is 3.67. The Morgan fingerprint density at radius 1 is 1.31 bits per heavy atom. The van der Waals surface area contributed by atoms with Crippen LogP contribution in [0.1, 0.15) is 11.1 Å². The molecule has 90 valence electrons. The molecule has 0 aliphatic heterocycles. The summed E-state index contributed by atoms with van der Waals surface area (Å²) in [7, 11) is -0.208. The topological polar surface area (TPSA) is 35.5 Å². The second-order valence-electron chi connectivity index (χ2n) is 3.19. The SMILES string of the molecule is COP(=O)(Cc1ccc(CBr)cc1Br)OC. The van der Waals surface area contributed by atoms with E-state index in [1.54, 1.807) is 0 Å². The van der Waals surface area contributed by atoms with Gasteiger partial charge in [0.15, 0.2) is 0 Å². The van der Waals surface area contributed by atoms with Crippen LogP contribution in [-0.2, 0) is 25.1 Å². The molecule has 0 aliphatic carbocycles. The third-order valence-corrected chi connectivity index (χ3v) is 5.42. The molecule has 0 radical (unpaired) electrons.